The summed E-state index contributed by atoms with van der Waals surface area (Å²) in [6.45, 7) is 1.77. The van der Waals surface area contributed by atoms with Gasteiger partial charge in [0.15, 0.2) is 0 Å². The molecule has 0 aromatic heterocycles. The fourth-order valence-electron chi connectivity index (χ4n) is 3.18. The highest BCUT2D eigenvalue weighted by Crippen LogP contribution is 2.26. The second kappa shape index (κ2) is 6.51. The van der Waals surface area contributed by atoms with E-state index >= 15 is 0 Å². The van der Waals surface area contributed by atoms with E-state index in [4.69, 9.17) is 5.73 Å². The lowest BCUT2D eigenvalue weighted by atomic mass is 9.91. The first-order chi connectivity index (χ1) is 9.14. The molecule has 1 unspecified atom stereocenters. The Kier molecular flexibility index (Phi) is 4.97. The Bertz CT molecular complexity index is 376. The number of rotatable bonds is 6. The van der Waals surface area contributed by atoms with Crippen molar-refractivity contribution >= 4 is 0 Å². The molecule has 3 N–H and O–H groups in total. The lowest BCUT2D eigenvalue weighted by Gasteiger charge is -2.33. The Hall–Kier alpha value is -0.900. The molecule has 1 aromatic carbocycles. The van der Waals surface area contributed by atoms with Crippen molar-refractivity contribution in [3.63, 3.8) is 0 Å². The van der Waals surface area contributed by atoms with Crippen LogP contribution in [0.5, 0.6) is 0 Å². The van der Waals surface area contributed by atoms with Crippen molar-refractivity contribution < 1.29 is 5.11 Å². The van der Waals surface area contributed by atoms with Gasteiger partial charge in [0.25, 0.3) is 0 Å². The zero-order valence-corrected chi connectivity index (χ0v) is 11.9. The molecule has 0 heterocycles. The summed E-state index contributed by atoms with van der Waals surface area (Å²) in [5, 5.41) is 9.70. The zero-order valence-electron chi connectivity index (χ0n) is 11.9. The summed E-state index contributed by atoms with van der Waals surface area (Å²) in [6, 6.07) is 9.93. The fraction of sp³-hybridized carbons (Fsp3) is 0.625. The third kappa shape index (κ3) is 3.78. The minimum absolute atomic E-state index is 0.0218. The van der Waals surface area contributed by atoms with Gasteiger partial charge in [0.2, 0.25) is 0 Å². The normalized spacial score (nSPS) is 19.8. The van der Waals surface area contributed by atoms with Crippen LogP contribution in [0.4, 0.5) is 0 Å². The SMILES string of the molecule is CN(CC1CCCC1)CC(N)(CO)c1ccccc1. The molecule has 1 fully saturated rings. The van der Waals surface area contributed by atoms with E-state index in [0.717, 1.165) is 18.0 Å². The van der Waals surface area contributed by atoms with E-state index < -0.39 is 5.54 Å². The lowest BCUT2D eigenvalue weighted by molar-refractivity contribution is 0.141. The monoisotopic (exact) mass is 262 g/mol. The number of aliphatic hydroxyl groups is 1. The number of benzene rings is 1. The van der Waals surface area contributed by atoms with Gasteiger partial charge in [0.1, 0.15) is 0 Å². The molecule has 0 spiro atoms. The quantitative estimate of drug-likeness (QED) is 0.824. The Labute approximate surface area is 116 Å². The predicted octanol–water partition coefficient (Wildman–Crippen LogP) is 1.95. The second-order valence-corrected chi connectivity index (χ2v) is 6.03. The highest BCUT2D eigenvalue weighted by atomic mass is 16.3. The highest BCUT2D eigenvalue weighted by Gasteiger charge is 2.29. The van der Waals surface area contributed by atoms with Crippen molar-refractivity contribution in [2.45, 2.75) is 31.2 Å². The third-order valence-corrected chi connectivity index (χ3v) is 4.23. The van der Waals surface area contributed by atoms with Crippen LogP contribution in [0.25, 0.3) is 0 Å². The first-order valence-corrected chi connectivity index (χ1v) is 7.28. The van der Waals surface area contributed by atoms with Crippen LogP contribution >= 0.6 is 0 Å². The standard InChI is InChI=1S/C16H26N2O/c1-18(11-14-7-5-6-8-14)12-16(17,13-19)15-9-3-2-4-10-15/h2-4,9-10,14,19H,5-8,11-13,17H2,1H3. The predicted molar refractivity (Wildman–Crippen MR) is 78.8 cm³/mol. The first-order valence-electron chi connectivity index (χ1n) is 7.28. The molecule has 1 aliphatic rings. The molecular weight excluding hydrogens is 236 g/mol. The van der Waals surface area contributed by atoms with Crippen LogP contribution < -0.4 is 5.73 Å². The van der Waals surface area contributed by atoms with Gasteiger partial charge < -0.3 is 15.7 Å². The summed E-state index contributed by atoms with van der Waals surface area (Å²) < 4.78 is 0. The molecule has 0 radical (unpaired) electrons. The summed E-state index contributed by atoms with van der Waals surface area (Å²) >= 11 is 0. The maximum Gasteiger partial charge on any atom is 0.0772 e. The van der Waals surface area contributed by atoms with Gasteiger partial charge in [0.05, 0.1) is 12.1 Å². The zero-order chi connectivity index (χ0) is 13.7. The van der Waals surface area contributed by atoms with Crippen LogP contribution in [0.2, 0.25) is 0 Å². The summed E-state index contributed by atoms with van der Waals surface area (Å²) in [5.41, 5.74) is 6.75. The van der Waals surface area contributed by atoms with Gasteiger partial charge in [-0.15, -0.1) is 0 Å². The van der Waals surface area contributed by atoms with E-state index in [1.165, 1.54) is 25.7 Å². The van der Waals surface area contributed by atoms with Crippen molar-refractivity contribution in [2.24, 2.45) is 11.7 Å². The Balaban J connectivity index is 1.97. The van der Waals surface area contributed by atoms with E-state index in [9.17, 15) is 5.11 Å². The van der Waals surface area contributed by atoms with Crippen LogP contribution in [-0.4, -0.2) is 36.8 Å². The molecule has 1 atom stereocenters. The van der Waals surface area contributed by atoms with Gasteiger partial charge in [-0.2, -0.15) is 0 Å². The Morgan fingerprint density at radius 3 is 2.47 bits per heavy atom. The number of nitrogens with two attached hydrogens (primary N) is 1. The topological polar surface area (TPSA) is 49.5 Å². The Morgan fingerprint density at radius 1 is 1.26 bits per heavy atom. The van der Waals surface area contributed by atoms with Crippen molar-refractivity contribution in [3.8, 4) is 0 Å². The minimum atomic E-state index is -0.658. The van der Waals surface area contributed by atoms with Gasteiger partial charge in [-0.3, -0.25) is 0 Å². The van der Waals surface area contributed by atoms with Crippen LogP contribution in [-0.2, 0) is 5.54 Å². The van der Waals surface area contributed by atoms with Gasteiger partial charge in [-0.05, 0) is 31.4 Å². The summed E-state index contributed by atoms with van der Waals surface area (Å²) in [4.78, 5) is 2.28. The number of aliphatic hydroxyl groups excluding tert-OH is 1. The maximum atomic E-state index is 9.70. The molecule has 1 aliphatic carbocycles. The summed E-state index contributed by atoms with van der Waals surface area (Å²) in [5.74, 6) is 0.809. The van der Waals surface area contributed by atoms with E-state index in [1.54, 1.807) is 0 Å². The number of nitrogens with zero attached hydrogens (tertiary/aromatic N) is 1. The molecule has 106 valence electrons. The van der Waals surface area contributed by atoms with Crippen molar-refractivity contribution in [2.75, 3.05) is 26.7 Å². The lowest BCUT2D eigenvalue weighted by Crippen LogP contribution is -2.50. The van der Waals surface area contributed by atoms with Crippen LogP contribution in [0.15, 0.2) is 30.3 Å². The molecule has 19 heavy (non-hydrogen) atoms. The minimum Gasteiger partial charge on any atom is -0.394 e. The molecule has 1 saturated carbocycles. The average Bonchev–Trinajstić information content (AvgIpc) is 2.92. The van der Waals surface area contributed by atoms with E-state index in [1.807, 2.05) is 30.3 Å². The van der Waals surface area contributed by atoms with Crippen molar-refractivity contribution in [1.29, 1.82) is 0 Å². The highest BCUT2D eigenvalue weighted by molar-refractivity contribution is 5.24. The van der Waals surface area contributed by atoms with Gasteiger partial charge in [-0.25, -0.2) is 0 Å². The molecule has 0 aliphatic heterocycles. The Morgan fingerprint density at radius 2 is 1.89 bits per heavy atom. The van der Waals surface area contributed by atoms with Crippen LogP contribution in [0.1, 0.15) is 31.2 Å². The molecular formula is C16H26N2O. The van der Waals surface area contributed by atoms with Gasteiger partial charge in [-0.1, -0.05) is 43.2 Å². The van der Waals surface area contributed by atoms with Crippen LogP contribution in [0, 0.1) is 5.92 Å². The smallest absolute Gasteiger partial charge is 0.0772 e. The molecule has 3 heteroatoms. The molecule has 1 aromatic rings. The largest absolute Gasteiger partial charge is 0.394 e. The molecule has 0 amide bonds. The molecule has 0 saturated heterocycles. The average molecular weight is 262 g/mol. The molecule has 0 bridgehead atoms. The maximum absolute atomic E-state index is 9.70. The molecule has 3 nitrogen and oxygen atoms in total. The number of hydrogen-bond donors (Lipinski definition) is 2. The van der Waals surface area contributed by atoms with Gasteiger partial charge >= 0.3 is 0 Å². The summed E-state index contributed by atoms with van der Waals surface area (Å²) in [7, 11) is 2.11. The van der Waals surface area contributed by atoms with Gasteiger partial charge in [0, 0.05) is 13.1 Å². The molecule has 2 rings (SSSR count). The van der Waals surface area contributed by atoms with Crippen LogP contribution in [0.3, 0.4) is 0 Å². The fourth-order valence-corrected chi connectivity index (χ4v) is 3.18. The van der Waals surface area contributed by atoms with Crippen molar-refractivity contribution in [3.05, 3.63) is 35.9 Å². The van der Waals surface area contributed by atoms with Crippen molar-refractivity contribution in [1.82, 2.24) is 4.90 Å². The van der Waals surface area contributed by atoms with E-state index in [-0.39, 0.29) is 6.61 Å². The third-order valence-electron chi connectivity index (χ3n) is 4.23. The second-order valence-electron chi connectivity index (χ2n) is 6.03. The van der Waals surface area contributed by atoms with E-state index in [2.05, 4.69) is 11.9 Å². The van der Waals surface area contributed by atoms with E-state index in [0.29, 0.717) is 6.54 Å². The number of likely N-dealkylation sites (N-methyl/N-ethyl adjacent to an activating group) is 1. The first kappa shape index (κ1) is 14.5. The number of hydrogen-bond acceptors (Lipinski definition) is 3. The summed E-state index contributed by atoms with van der Waals surface area (Å²) in [6.07, 6.45) is 5.41.